The van der Waals surface area contributed by atoms with Gasteiger partial charge in [0.1, 0.15) is 0 Å². The van der Waals surface area contributed by atoms with E-state index in [0.717, 1.165) is 0 Å². The highest BCUT2D eigenvalue weighted by Crippen LogP contribution is 2.66. The second-order valence-electron chi connectivity index (χ2n) is 4.54. The quantitative estimate of drug-likeness (QED) is 0.650. The zero-order chi connectivity index (χ0) is 8.98. The Morgan fingerprint density at radius 2 is 1.54 bits per heavy atom. The zero-order valence-electron chi connectivity index (χ0n) is 7.94. The lowest BCUT2D eigenvalue weighted by atomic mass is 9.85. The largest absolute Gasteiger partial charge is 0.312 e. The number of rotatable bonds is 0. The maximum absolute atomic E-state index is 13.0. The van der Waals surface area contributed by atoms with E-state index >= 15 is 0 Å². The average molecular weight is 212 g/mol. The lowest BCUT2D eigenvalue weighted by molar-refractivity contribution is 0.0372. The molecule has 13 heavy (non-hydrogen) atoms. The number of halogens is 3. The lowest BCUT2D eigenvalue weighted by Crippen LogP contribution is -2.44. The van der Waals surface area contributed by atoms with Gasteiger partial charge in [-0.2, -0.15) is 0 Å². The SMILES string of the molecule is CC1CC2(CC(C)N1)CC2(F)F.Cl. The minimum absolute atomic E-state index is 0. The lowest BCUT2D eigenvalue weighted by Gasteiger charge is -2.33. The fourth-order valence-corrected chi connectivity index (χ4v) is 2.68. The summed E-state index contributed by atoms with van der Waals surface area (Å²) in [5.74, 6) is -2.36. The van der Waals surface area contributed by atoms with Crippen molar-refractivity contribution in [2.24, 2.45) is 5.41 Å². The maximum atomic E-state index is 13.0. The molecule has 1 nitrogen and oxygen atoms in total. The van der Waals surface area contributed by atoms with Crippen LogP contribution in [-0.4, -0.2) is 18.0 Å². The van der Waals surface area contributed by atoms with Gasteiger partial charge in [0.2, 0.25) is 0 Å². The van der Waals surface area contributed by atoms with Crippen LogP contribution in [0.5, 0.6) is 0 Å². The topological polar surface area (TPSA) is 12.0 Å². The molecule has 2 rings (SSSR count). The van der Waals surface area contributed by atoms with E-state index in [-0.39, 0.29) is 30.9 Å². The molecule has 2 aliphatic rings. The molecule has 0 amide bonds. The summed E-state index contributed by atoms with van der Waals surface area (Å²) in [6, 6.07) is 0.504. The van der Waals surface area contributed by atoms with Gasteiger partial charge in [-0.05, 0) is 26.7 Å². The number of alkyl halides is 2. The molecule has 0 bridgehead atoms. The molecule has 1 saturated carbocycles. The van der Waals surface area contributed by atoms with Gasteiger partial charge in [-0.15, -0.1) is 12.4 Å². The second kappa shape index (κ2) is 3.06. The van der Waals surface area contributed by atoms with Crippen molar-refractivity contribution >= 4 is 12.4 Å². The van der Waals surface area contributed by atoms with Crippen LogP contribution in [0.3, 0.4) is 0 Å². The Morgan fingerprint density at radius 3 is 1.85 bits per heavy atom. The molecular formula is C9H16ClF2N. The summed E-state index contributed by atoms with van der Waals surface area (Å²) >= 11 is 0. The van der Waals surface area contributed by atoms with Crippen LogP contribution in [0, 0.1) is 5.41 Å². The molecule has 0 aromatic carbocycles. The van der Waals surface area contributed by atoms with Crippen LogP contribution < -0.4 is 5.32 Å². The fraction of sp³-hybridized carbons (Fsp3) is 1.00. The van der Waals surface area contributed by atoms with Gasteiger partial charge < -0.3 is 5.32 Å². The third-order valence-electron chi connectivity index (χ3n) is 3.17. The molecule has 1 N–H and O–H groups in total. The minimum Gasteiger partial charge on any atom is -0.312 e. The highest BCUT2D eigenvalue weighted by molar-refractivity contribution is 5.85. The standard InChI is InChI=1S/C9H15F2N.ClH/c1-6-3-8(4-7(2)12-6)5-9(8,10)11;/h6-7,12H,3-5H2,1-2H3;1H. The first-order chi connectivity index (χ1) is 5.45. The molecule has 1 aliphatic heterocycles. The van der Waals surface area contributed by atoms with E-state index in [1.54, 1.807) is 0 Å². The summed E-state index contributed by atoms with van der Waals surface area (Å²) in [5.41, 5.74) is -0.628. The summed E-state index contributed by atoms with van der Waals surface area (Å²) in [6.07, 6.45) is 1.41. The monoisotopic (exact) mass is 211 g/mol. The van der Waals surface area contributed by atoms with Gasteiger partial charge in [-0.1, -0.05) is 0 Å². The summed E-state index contributed by atoms with van der Waals surface area (Å²) < 4.78 is 26.0. The Morgan fingerprint density at radius 1 is 1.15 bits per heavy atom. The maximum Gasteiger partial charge on any atom is 0.254 e. The van der Waals surface area contributed by atoms with Gasteiger partial charge >= 0.3 is 0 Å². The summed E-state index contributed by atoms with van der Waals surface area (Å²) in [6.45, 7) is 3.98. The molecule has 78 valence electrons. The summed E-state index contributed by atoms with van der Waals surface area (Å²) in [4.78, 5) is 0. The summed E-state index contributed by atoms with van der Waals surface area (Å²) in [7, 11) is 0. The van der Waals surface area contributed by atoms with E-state index in [4.69, 9.17) is 0 Å². The van der Waals surface area contributed by atoms with Crippen LogP contribution in [0.4, 0.5) is 8.78 Å². The molecule has 0 aromatic rings. The molecule has 4 heteroatoms. The Balaban J connectivity index is 0.000000845. The first-order valence-corrected chi connectivity index (χ1v) is 4.59. The van der Waals surface area contributed by atoms with Gasteiger partial charge in [0.05, 0.1) is 0 Å². The zero-order valence-corrected chi connectivity index (χ0v) is 8.76. The molecule has 0 radical (unpaired) electrons. The van der Waals surface area contributed by atoms with Crippen molar-refractivity contribution in [2.45, 2.75) is 51.1 Å². The molecule has 2 fully saturated rings. The predicted molar refractivity (Wildman–Crippen MR) is 50.5 cm³/mol. The van der Waals surface area contributed by atoms with Crippen LogP contribution >= 0.6 is 12.4 Å². The molecule has 1 saturated heterocycles. The number of hydrogen-bond acceptors (Lipinski definition) is 1. The Labute approximate surface area is 83.7 Å². The molecule has 0 aromatic heterocycles. The number of nitrogens with one attached hydrogen (secondary N) is 1. The molecule has 2 atom stereocenters. The van der Waals surface area contributed by atoms with Crippen molar-refractivity contribution in [1.82, 2.24) is 5.32 Å². The first-order valence-electron chi connectivity index (χ1n) is 4.59. The molecule has 2 unspecified atom stereocenters. The van der Waals surface area contributed by atoms with Crippen molar-refractivity contribution in [3.8, 4) is 0 Å². The van der Waals surface area contributed by atoms with E-state index in [1.807, 2.05) is 13.8 Å². The Bertz CT molecular complexity index is 198. The molecule has 1 spiro atoms. The van der Waals surface area contributed by atoms with Gasteiger partial charge in [0.15, 0.2) is 0 Å². The van der Waals surface area contributed by atoms with E-state index in [2.05, 4.69) is 5.32 Å². The average Bonchev–Trinajstić information content (AvgIpc) is 2.27. The van der Waals surface area contributed by atoms with Crippen molar-refractivity contribution in [1.29, 1.82) is 0 Å². The molecule has 1 heterocycles. The molecular weight excluding hydrogens is 196 g/mol. The summed E-state index contributed by atoms with van der Waals surface area (Å²) in [5, 5.41) is 3.28. The van der Waals surface area contributed by atoms with Crippen molar-refractivity contribution in [3.05, 3.63) is 0 Å². The van der Waals surface area contributed by atoms with Gasteiger partial charge in [0, 0.05) is 23.9 Å². The van der Waals surface area contributed by atoms with E-state index in [1.165, 1.54) is 0 Å². The number of hydrogen-bond donors (Lipinski definition) is 1. The van der Waals surface area contributed by atoms with Gasteiger partial charge in [0.25, 0.3) is 5.92 Å². The van der Waals surface area contributed by atoms with E-state index in [9.17, 15) is 8.78 Å². The van der Waals surface area contributed by atoms with Crippen molar-refractivity contribution in [3.63, 3.8) is 0 Å². The highest BCUT2D eigenvalue weighted by Gasteiger charge is 2.71. The minimum atomic E-state index is -2.36. The predicted octanol–water partition coefficient (Wildman–Crippen LogP) is 2.59. The van der Waals surface area contributed by atoms with Crippen LogP contribution in [0.25, 0.3) is 0 Å². The smallest absolute Gasteiger partial charge is 0.254 e. The fourth-order valence-electron chi connectivity index (χ4n) is 2.68. The van der Waals surface area contributed by atoms with Gasteiger partial charge in [-0.3, -0.25) is 0 Å². The number of piperidine rings is 1. The second-order valence-corrected chi connectivity index (χ2v) is 4.54. The normalized spacial score (nSPS) is 47.1. The molecule has 1 aliphatic carbocycles. The van der Waals surface area contributed by atoms with Crippen molar-refractivity contribution in [2.75, 3.05) is 0 Å². The third-order valence-corrected chi connectivity index (χ3v) is 3.17. The van der Waals surface area contributed by atoms with E-state index < -0.39 is 11.3 Å². The van der Waals surface area contributed by atoms with E-state index in [0.29, 0.717) is 12.8 Å². The Hall–Kier alpha value is 0.110. The van der Waals surface area contributed by atoms with Crippen molar-refractivity contribution < 1.29 is 8.78 Å². The van der Waals surface area contributed by atoms with Gasteiger partial charge in [-0.25, -0.2) is 8.78 Å². The van der Waals surface area contributed by atoms with Crippen LogP contribution in [0.15, 0.2) is 0 Å². The third kappa shape index (κ3) is 1.68. The van der Waals surface area contributed by atoms with Crippen LogP contribution in [-0.2, 0) is 0 Å². The first kappa shape index (κ1) is 11.2. The Kier molecular flexibility index (Phi) is 2.63. The van der Waals surface area contributed by atoms with Crippen LogP contribution in [0.1, 0.15) is 33.1 Å². The van der Waals surface area contributed by atoms with Crippen LogP contribution in [0.2, 0.25) is 0 Å². The highest BCUT2D eigenvalue weighted by atomic mass is 35.5.